The van der Waals surface area contributed by atoms with Gasteiger partial charge in [0.05, 0.1) is 11.8 Å². The largest absolute Gasteiger partial charge is 0.398 e. The van der Waals surface area contributed by atoms with Crippen molar-refractivity contribution < 1.29 is 9.18 Å². The molecule has 0 fully saturated rings. The van der Waals surface area contributed by atoms with Crippen LogP contribution in [0.3, 0.4) is 0 Å². The number of nitrogens with one attached hydrogen (secondary N) is 1. The first-order valence-corrected chi connectivity index (χ1v) is 5.83. The van der Waals surface area contributed by atoms with Crippen LogP contribution in [0, 0.1) is 5.82 Å². The standard InChI is InChI=1S/C12H9BrFN3O/c13-7-1-3-9(10(15)5-7)12(18)17-11-4-2-8(14)6-16-11/h1-6H,15H2,(H,16,17,18). The van der Waals surface area contributed by atoms with Gasteiger partial charge in [0, 0.05) is 10.2 Å². The van der Waals surface area contributed by atoms with Gasteiger partial charge in [0.15, 0.2) is 0 Å². The Kier molecular flexibility index (Phi) is 3.57. The third kappa shape index (κ3) is 2.84. The van der Waals surface area contributed by atoms with Crippen LogP contribution >= 0.6 is 15.9 Å². The minimum absolute atomic E-state index is 0.267. The van der Waals surface area contributed by atoms with Crippen molar-refractivity contribution in [1.82, 2.24) is 4.98 Å². The van der Waals surface area contributed by atoms with Gasteiger partial charge in [-0.25, -0.2) is 9.37 Å². The van der Waals surface area contributed by atoms with Crippen molar-refractivity contribution >= 4 is 33.3 Å². The Hall–Kier alpha value is -1.95. The van der Waals surface area contributed by atoms with E-state index < -0.39 is 5.82 Å². The molecule has 0 radical (unpaired) electrons. The first-order chi connectivity index (χ1) is 8.56. The maximum atomic E-state index is 12.7. The lowest BCUT2D eigenvalue weighted by molar-refractivity contribution is 0.102. The Balaban J connectivity index is 2.19. The monoisotopic (exact) mass is 309 g/mol. The molecule has 3 N–H and O–H groups in total. The number of anilines is 2. The second-order valence-electron chi connectivity index (χ2n) is 3.55. The summed E-state index contributed by atoms with van der Waals surface area (Å²) in [5, 5.41) is 2.53. The number of benzene rings is 1. The molecule has 0 saturated carbocycles. The highest BCUT2D eigenvalue weighted by Crippen LogP contribution is 2.19. The first kappa shape index (κ1) is 12.5. The highest BCUT2D eigenvalue weighted by Gasteiger charge is 2.10. The van der Waals surface area contributed by atoms with Crippen LogP contribution in [0.1, 0.15) is 10.4 Å². The molecule has 18 heavy (non-hydrogen) atoms. The summed E-state index contributed by atoms with van der Waals surface area (Å²) in [5.41, 5.74) is 6.42. The van der Waals surface area contributed by atoms with Gasteiger partial charge in [-0.1, -0.05) is 15.9 Å². The maximum absolute atomic E-state index is 12.7. The molecule has 0 unspecified atom stereocenters. The van der Waals surface area contributed by atoms with Crippen LogP contribution in [-0.4, -0.2) is 10.9 Å². The molecule has 92 valence electrons. The van der Waals surface area contributed by atoms with Crippen molar-refractivity contribution in [2.24, 2.45) is 0 Å². The topological polar surface area (TPSA) is 68.0 Å². The number of nitrogens with zero attached hydrogens (tertiary/aromatic N) is 1. The second-order valence-corrected chi connectivity index (χ2v) is 4.46. The summed E-state index contributed by atoms with van der Waals surface area (Å²) in [7, 11) is 0. The number of carbonyl (C=O) groups is 1. The van der Waals surface area contributed by atoms with Crippen LogP contribution < -0.4 is 11.1 Å². The SMILES string of the molecule is Nc1cc(Br)ccc1C(=O)Nc1ccc(F)cn1. The van der Waals surface area contributed by atoms with Crippen molar-refractivity contribution in [2.45, 2.75) is 0 Å². The Morgan fingerprint density at radius 3 is 2.72 bits per heavy atom. The van der Waals surface area contributed by atoms with Crippen LogP contribution in [-0.2, 0) is 0 Å². The number of nitrogen functional groups attached to an aromatic ring is 1. The van der Waals surface area contributed by atoms with Crippen LogP contribution in [0.25, 0.3) is 0 Å². The van der Waals surface area contributed by atoms with Crippen molar-refractivity contribution in [3.8, 4) is 0 Å². The van der Waals surface area contributed by atoms with E-state index in [-0.39, 0.29) is 11.7 Å². The van der Waals surface area contributed by atoms with E-state index in [1.165, 1.54) is 12.1 Å². The van der Waals surface area contributed by atoms with E-state index in [4.69, 9.17) is 5.73 Å². The molecule has 0 aliphatic carbocycles. The van der Waals surface area contributed by atoms with Gasteiger partial charge in [0.25, 0.3) is 5.91 Å². The van der Waals surface area contributed by atoms with Gasteiger partial charge in [-0.2, -0.15) is 0 Å². The average molecular weight is 310 g/mol. The van der Waals surface area contributed by atoms with Crippen molar-refractivity contribution in [3.63, 3.8) is 0 Å². The van der Waals surface area contributed by atoms with Crippen molar-refractivity contribution in [2.75, 3.05) is 11.1 Å². The molecule has 0 bridgehead atoms. The number of aromatic nitrogens is 1. The summed E-state index contributed by atoms with van der Waals surface area (Å²) in [4.78, 5) is 15.6. The van der Waals surface area contributed by atoms with Crippen LogP contribution in [0.15, 0.2) is 41.0 Å². The molecule has 6 heteroatoms. The summed E-state index contributed by atoms with van der Waals surface area (Å²) in [6.07, 6.45) is 1.03. The summed E-state index contributed by atoms with van der Waals surface area (Å²) in [6, 6.07) is 7.53. The Bertz CT molecular complexity index is 586. The molecular formula is C12H9BrFN3O. The van der Waals surface area contributed by atoms with Gasteiger partial charge in [-0.3, -0.25) is 4.79 Å². The molecule has 1 amide bonds. The molecule has 2 rings (SSSR count). The van der Waals surface area contributed by atoms with Gasteiger partial charge in [-0.15, -0.1) is 0 Å². The van der Waals surface area contributed by atoms with E-state index in [1.54, 1.807) is 18.2 Å². The summed E-state index contributed by atoms with van der Waals surface area (Å²) in [5.74, 6) is -0.584. The molecule has 2 aromatic rings. The number of hydrogen-bond donors (Lipinski definition) is 2. The number of nitrogens with two attached hydrogens (primary N) is 1. The zero-order chi connectivity index (χ0) is 13.1. The molecular weight excluding hydrogens is 301 g/mol. The average Bonchev–Trinajstić information content (AvgIpc) is 2.32. The Morgan fingerprint density at radius 1 is 1.33 bits per heavy atom. The third-order valence-electron chi connectivity index (χ3n) is 2.23. The van der Waals surface area contributed by atoms with E-state index in [9.17, 15) is 9.18 Å². The number of rotatable bonds is 2. The summed E-state index contributed by atoms with van der Waals surface area (Å²) in [6.45, 7) is 0. The normalized spacial score (nSPS) is 10.1. The lowest BCUT2D eigenvalue weighted by Crippen LogP contribution is -2.14. The number of halogens is 2. The van der Waals surface area contributed by atoms with E-state index in [1.807, 2.05) is 0 Å². The van der Waals surface area contributed by atoms with Gasteiger partial charge in [0.1, 0.15) is 11.6 Å². The van der Waals surface area contributed by atoms with Gasteiger partial charge < -0.3 is 11.1 Å². The fourth-order valence-corrected chi connectivity index (χ4v) is 1.75. The zero-order valence-corrected chi connectivity index (χ0v) is 10.7. The maximum Gasteiger partial charge on any atom is 0.258 e. The fraction of sp³-hybridized carbons (Fsp3) is 0. The molecule has 0 aliphatic rings. The first-order valence-electron chi connectivity index (χ1n) is 5.04. The predicted molar refractivity (Wildman–Crippen MR) is 70.7 cm³/mol. The summed E-state index contributed by atoms with van der Waals surface area (Å²) < 4.78 is 13.4. The molecule has 1 aromatic heterocycles. The lowest BCUT2D eigenvalue weighted by Gasteiger charge is -2.07. The number of amides is 1. The van der Waals surface area contributed by atoms with E-state index in [0.29, 0.717) is 11.3 Å². The molecule has 1 aromatic carbocycles. The van der Waals surface area contributed by atoms with E-state index in [2.05, 4.69) is 26.2 Å². The van der Waals surface area contributed by atoms with Gasteiger partial charge >= 0.3 is 0 Å². The van der Waals surface area contributed by atoms with Crippen molar-refractivity contribution in [3.05, 3.63) is 52.4 Å². The highest BCUT2D eigenvalue weighted by molar-refractivity contribution is 9.10. The number of hydrogen-bond acceptors (Lipinski definition) is 3. The molecule has 0 atom stereocenters. The number of carbonyl (C=O) groups excluding carboxylic acids is 1. The number of pyridine rings is 1. The second kappa shape index (κ2) is 5.14. The predicted octanol–water partition coefficient (Wildman–Crippen LogP) is 2.82. The smallest absolute Gasteiger partial charge is 0.258 e. The molecule has 0 aliphatic heterocycles. The lowest BCUT2D eigenvalue weighted by atomic mass is 10.1. The van der Waals surface area contributed by atoms with Crippen LogP contribution in [0.5, 0.6) is 0 Å². The Labute approximate surface area is 111 Å². The zero-order valence-electron chi connectivity index (χ0n) is 9.15. The minimum Gasteiger partial charge on any atom is -0.398 e. The highest BCUT2D eigenvalue weighted by atomic mass is 79.9. The van der Waals surface area contributed by atoms with Crippen LogP contribution in [0.2, 0.25) is 0 Å². The molecule has 4 nitrogen and oxygen atoms in total. The molecule has 0 spiro atoms. The summed E-state index contributed by atoms with van der Waals surface area (Å²) >= 11 is 3.25. The van der Waals surface area contributed by atoms with Gasteiger partial charge in [-0.05, 0) is 30.3 Å². The van der Waals surface area contributed by atoms with Gasteiger partial charge in [0.2, 0.25) is 0 Å². The quantitative estimate of drug-likeness (QED) is 0.838. The molecule has 0 saturated heterocycles. The van der Waals surface area contributed by atoms with Crippen molar-refractivity contribution in [1.29, 1.82) is 0 Å². The fourth-order valence-electron chi connectivity index (χ4n) is 1.37. The van der Waals surface area contributed by atoms with E-state index >= 15 is 0 Å². The molecule has 1 heterocycles. The van der Waals surface area contributed by atoms with E-state index in [0.717, 1.165) is 10.7 Å². The van der Waals surface area contributed by atoms with Crippen LogP contribution in [0.4, 0.5) is 15.9 Å². The Morgan fingerprint density at radius 2 is 2.11 bits per heavy atom. The minimum atomic E-state index is -0.462. The third-order valence-corrected chi connectivity index (χ3v) is 2.72.